The van der Waals surface area contributed by atoms with Crippen LogP contribution in [0.25, 0.3) is 0 Å². The fraction of sp³-hybridized carbons (Fsp3) is 0.360. The van der Waals surface area contributed by atoms with Crippen LogP contribution in [-0.2, 0) is 22.5 Å². The topological polar surface area (TPSA) is 73.9 Å². The van der Waals surface area contributed by atoms with E-state index in [0.29, 0.717) is 18.7 Å². The van der Waals surface area contributed by atoms with Crippen LogP contribution in [0.15, 0.2) is 42.5 Å². The van der Waals surface area contributed by atoms with Gasteiger partial charge in [0.1, 0.15) is 6.04 Å². The molecule has 166 valence electrons. The number of ether oxygens (including phenoxy) is 1. The maximum atomic E-state index is 13.1. The molecule has 7 heteroatoms. The first kappa shape index (κ1) is 21.9. The second-order valence-corrected chi connectivity index (χ2v) is 8.37. The summed E-state index contributed by atoms with van der Waals surface area (Å²) in [5.41, 5.74) is 4.65. The van der Waals surface area contributed by atoms with Gasteiger partial charge in [0.05, 0.1) is 6.10 Å². The molecule has 2 aromatic rings. The van der Waals surface area contributed by atoms with Gasteiger partial charge in [-0.2, -0.15) is 0 Å². The maximum Gasteiger partial charge on any atom is 0.322 e. The van der Waals surface area contributed by atoms with Crippen molar-refractivity contribution in [2.75, 3.05) is 37.9 Å². The van der Waals surface area contributed by atoms with Crippen LogP contribution in [0.2, 0.25) is 0 Å². The minimum Gasteiger partial charge on any atom is -0.380 e. The first-order valence-electron chi connectivity index (χ1n) is 10.7. The summed E-state index contributed by atoms with van der Waals surface area (Å²) in [7, 11) is 3.70. The molecule has 1 fully saturated rings. The Labute approximate surface area is 188 Å². The van der Waals surface area contributed by atoms with Crippen molar-refractivity contribution in [1.29, 1.82) is 0 Å². The molecule has 2 atom stereocenters. The summed E-state index contributed by atoms with van der Waals surface area (Å²) >= 11 is 0. The number of terminal acetylenes is 1. The van der Waals surface area contributed by atoms with Gasteiger partial charge in [0.2, 0.25) is 5.91 Å². The molecule has 1 saturated heterocycles. The molecular formula is C25H28N4O3. The molecule has 32 heavy (non-hydrogen) atoms. The van der Waals surface area contributed by atoms with Crippen molar-refractivity contribution in [3.8, 4) is 12.3 Å². The number of methoxy groups -OCH3 is 1. The minimum absolute atomic E-state index is 0.195. The number of rotatable bonds is 4. The average molecular weight is 433 g/mol. The van der Waals surface area contributed by atoms with E-state index in [4.69, 9.17) is 11.2 Å². The quantitative estimate of drug-likeness (QED) is 0.729. The maximum absolute atomic E-state index is 13.1. The van der Waals surface area contributed by atoms with E-state index in [1.54, 1.807) is 31.4 Å². The number of amides is 3. The lowest BCUT2D eigenvalue weighted by atomic mass is 9.99. The first-order valence-corrected chi connectivity index (χ1v) is 10.7. The largest absolute Gasteiger partial charge is 0.380 e. The molecule has 2 aromatic carbocycles. The summed E-state index contributed by atoms with van der Waals surface area (Å²) in [6, 6.07) is 12.1. The van der Waals surface area contributed by atoms with Gasteiger partial charge in [0.15, 0.2) is 0 Å². The van der Waals surface area contributed by atoms with Gasteiger partial charge in [-0.05, 0) is 61.0 Å². The summed E-state index contributed by atoms with van der Waals surface area (Å²) in [5, 5.41) is 5.85. The third-order valence-corrected chi connectivity index (χ3v) is 6.14. The SMILES string of the molecule is C#Cc1ccc(NC(=O)N2C[C@H](OC)C[C@@H]2C(=O)Nc2ccc3c(c2)CCN(C)C3)cc1. The van der Waals surface area contributed by atoms with E-state index in [1.807, 2.05) is 12.1 Å². The van der Waals surface area contributed by atoms with Gasteiger partial charge < -0.3 is 25.2 Å². The zero-order valence-corrected chi connectivity index (χ0v) is 18.4. The number of carbonyl (C=O) groups is 2. The molecule has 0 saturated carbocycles. The third-order valence-electron chi connectivity index (χ3n) is 6.14. The Kier molecular flexibility index (Phi) is 6.45. The number of likely N-dealkylation sites (tertiary alicyclic amines) is 1. The minimum atomic E-state index is -0.618. The number of urea groups is 1. The Morgan fingerprint density at radius 2 is 1.84 bits per heavy atom. The van der Waals surface area contributed by atoms with Crippen molar-refractivity contribution < 1.29 is 14.3 Å². The van der Waals surface area contributed by atoms with Crippen molar-refractivity contribution in [3.63, 3.8) is 0 Å². The normalized spacial score (nSPS) is 20.3. The Morgan fingerprint density at radius 3 is 2.56 bits per heavy atom. The van der Waals surface area contributed by atoms with E-state index < -0.39 is 6.04 Å². The molecule has 2 heterocycles. The molecule has 2 aliphatic rings. The van der Waals surface area contributed by atoms with Crippen LogP contribution in [0.5, 0.6) is 0 Å². The van der Waals surface area contributed by atoms with Crippen LogP contribution in [0.4, 0.5) is 16.2 Å². The Bertz CT molecular complexity index is 1040. The molecule has 2 aliphatic heterocycles. The number of hydrogen-bond acceptors (Lipinski definition) is 4. The molecule has 7 nitrogen and oxygen atoms in total. The molecule has 4 rings (SSSR count). The predicted molar refractivity (Wildman–Crippen MR) is 124 cm³/mol. The van der Waals surface area contributed by atoms with Crippen molar-refractivity contribution in [1.82, 2.24) is 9.80 Å². The van der Waals surface area contributed by atoms with Gasteiger partial charge in [-0.3, -0.25) is 4.79 Å². The summed E-state index contributed by atoms with van der Waals surface area (Å²) in [6.07, 6.45) is 6.59. The van der Waals surface area contributed by atoms with Crippen molar-refractivity contribution in [3.05, 3.63) is 59.2 Å². The molecule has 0 aliphatic carbocycles. The van der Waals surface area contributed by atoms with Crippen LogP contribution in [0.1, 0.15) is 23.1 Å². The zero-order chi connectivity index (χ0) is 22.7. The van der Waals surface area contributed by atoms with E-state index in [-0.39, 0.29) is 18.0 Å². The number of likely N-dealkylation sites (N-methyl/N-ethyl adjacent to an activating group) is 1. The highest BCUT2D eigenvalue weighted by Crippen LogP contribution is 2.25. The van der Waals surface area contributed by atoms with Gasteiger partial charge in [0, 0.05) is 50.1 Å². The predicted octanol–water partition coefficient (Wildman–Crippen LogP) is 2.92. The highest BCUT2D eigenvalue weighted by atomic mass is 16.5. The summed E-state index contributed by atoms with van der Waals surface area (Å²) in [4.78, 5) is 29.9. The van der Waals surface area contributed by atoms with Gasteiger partial charge in [-0.1, -0.05) is 12.0 Å². The van der Waals surface area contributed by atoms with E-state index in [0.717, 1.165) is 30.8 Å². The number of nitrogens with one attached hydrogen (secondary N) is 2. The van der Waals surface area contributed by atoms with Crippen LogP contribution in [0, 0.1) is 12.3 Å². The molecular weight excluding hydrogens is 404 g/mol. The molecule has 0 bridgehead atoms. The van der Waals surface area contributed by atoms with E-state index >= 15 is 0 Å². The first-order chi connectivity index (χ1) is 15.5. The summed E-state index contributed by atoms with van der Waals surface area (Å²) in [6.45, 7) is 2.26. The highest BCUT2D eigenvalue weighted by molar-refractivity contribution is 5.99. The lowest BCUT2D eigenvalue weighted by Gasteiger charge is -2.26. The number of anilines is 2. The molecule has 0 spiro atoms. The molecule has 3 amide bonds. The van der Waals surface area contributed by atoms with Crippen molar-refractivity contribution in [2.24, 2.45) is 0 Å². The van der Waals surface area contributed by atoms with Crippen LogP contribution < -0.4 is 10.6 Å². The van der Waals surface area contributed by atoms with E-state index in [2.05, 4.69) is 34.6 Å². The van der Waals surface area contributed by atoms with Crippen LogP contribution in [-0.4, -0.2) is 61.1 Å². The fourth-order valence-corrected chi connectivity index (χ4v) is 4.28. The number of carbonyl (C=O) groups excluding carboxylic acids is 2. The Balaban J connectivity index is 1.45. The Morgan fingerprint density at radius 1 is 1.09 bits per heavy atom. The summed E-state index contributed by atoms with van der Waals surface area (Å²) < 4.78 is 5.46. The zero-order valence-electron chi connectivity index (χ0n) is 18.4. The molecule has 0 unspecified atom stereocenters. The average Bonchev–Trinajstić information content (AvgIpc) is 3.25. The lowest BCUT2D eigenvalue weighted by molar-refractivity contribution is -0.119. The monoisotopic (exact) mass is 432 g/mol. The van der Waals surface area contributed by atoms with Crippen LogP contribution >= 0.6 is 0 Å². The number of nitrogens with zero attached hydrogens (tertiary/aromatic N) is 2. The number of fused-ring (bicyclic) bond motifs is 1. The smallest absolute Gasteiger partial charge is 0.322 e. The summed E-state index contributed by atoms with van der Waals surface area (Å²) in [5.74, 6) is 2.33. The van der Waals surface area contributed by atoms with Gasteiger partial charge in [-0.15, -0.1) is 6.42 Å². The highest BCUT2D eigenvalue weighted by Gasteiger charge is 2.40. The number of benzene rings is 2. The van der Waals surface area contributed by atoms with Gasteiger partial charge >= 0.3 is 6.03 Å². The van der Waals surface area contributed by atoms with Gasteiger partial charge in [-0.25, -0.2) is 4.79 Å². The molecule has 0 radical (unpaired) electrons. The molecule has 0 aromatic heterocycles. The fourth-order valence-electron chi connectivity index (χ4n) is 4.28. The Hall–Kier alpha value is -3.34. The second kappa shape index (κ2) is 9.43. The lowest BCUT2D eigenvalue weighted by Crippen LogP contribution is -2.45. The van der Waals surface area contributed by atoms with Crippen molar-refractivity contribution >= 4 is 23.3 Å². The van der Waals surface area contributed by atoms with E-state index in [9.17, 15) is 9.59 Å². The van der Waals surface area contributed by atoms with Crippen molar-refractivity contribution in [2.45, 2.75) is 31.5 Å². The second-order valence-electron chi connectivity index (χ2n) is 8.37. The molecule has 2 N–H and O–H groups in total. The third kappa shape index (κ3) is 4.77. The van der Waals surface area contributed by atoms with E-state index in [1.165, 1.54) is 16.0 Å². The van der Waals surface area contributed by atoms with Gasteiger partial charge in [0.25, 0.3) is 0 Å². The standard InChI is InChI=1S/C25H28N4O3/c1-4-17-5-8-20(9-6-17)27-25(31)29-16-22(32-3)14-23(29)24(30)26-21-10-7-19-15-28(2)12-11-18(19)13-21/h1,5-10,13,22-23H,11-12,14-16H2,2-3H3,(H,26,30)(H,27,31)/t22-,23-/m1/s1. The van der Waals surface area contributed by atoms with Crippen LogP contribution in [0.3, 0.4) is 0 Å². The number of hydrogen-bond donors (Lipinski definition) is 2.